The minimum Gasteiger partial charge on any atom is -0.363 e. The molecule has 2 nitrogen and oxygen atoms in total. The Kier molecular flexibility index (Phi) is 5.15. The minimum absolute atomic E-state index is 0.211. The van der Waals surface area contributed by atoms with Crippen LogP contribution in [-0.4, -0.2) is 13.1 Å². The SMILES string of the molecule is CCN(c1cccc(F)c1)C(CN)c1ccc(Cl)cc1F. The Morgan fingerprint density at radius 3 is 2.52 bits per heavy atom. The summed E-state index contributed by atoms with van der Waals surface area (Å²) in [6.45, 7) is 2.71. The summed E-state index contributed by atoms with van der Waals surface area (Å²) in [7, 11) is 0. The molecule has 0 saturated heterocycles. The van der Waals surface area contributed by atoms with Crippen LogP contribution >= 0.6 is 11.6 Å². The third-order valence-corrected chi connectivity index (χ3v) is 3.64. The van der Waals surface area contributed by atoms with E-state index < -0.39 is 5.82 Å². The van der Waals surface area contributed by atoms with Gasteiger partial charge in [-0.25, -0.2) is 8.78 Å². The molecule has 2 rings (SSSR count). The topological polar surface area (TPSA) is 29.3 Å². The monoisotopic (exact) mass is 310 g/mol. The van der Waals surface area contributed by atoms with E-state index in [4.69, 9.17) is 17.3 Å². The number of likely N-dealkylation sites (N-methyl/N-ethyl adjacent to an activating group) is 1. The molecule has 0 aliphatic rings. The Morgan fingerprint density at radius 1 is 1.19 bits per heavy atom. The Hall–Kier alpha value is -1.65. The number of rotatable bonds is 5. The second-order valence-electron chi connectivity index (χ2n) is 4.68. The fraction of sp³-hybridized carbons (Fsp3) is 0.250. The normalized spacial score (nSPS) is 12.2. The first-order chi connectivity index (χ1) is 10.1. The molecular weight excluding hydrogens is 294 g/mol. The lowest BCUT2D eigenvalue weighted by Gasteiger charge is -2.32. The smallest absolute Gasteiger partial charge is 0.130 e. The molecule has 1 atom stereocenters. The van der Waals surface area contributed by atoms with Gasteiger partial charge in [0.25, 0.3) is 0 Å². The summed E-state index contributed by atoms with van der Waals surface area (Å²) < 4.78 is 27.6. The summed E-state index contributed by atoms with van der Waals surface area (Å²) in [6, 6.07) is 10.3. The lowest BCUT2D eigenvalue weighted by molar-refractivity contribution is 0.561. The predicted molar refractivity (Wildman–Crippen MR) is 82.6 cm³/mol. The van der Waals surface area contributed by atoms with E-state index in [1.165, 1.54) is 18.2 Å². The highest BCUT2D eigenvalue weighted by Crippen LogP contribution is 2.29. The Labute approximate surface area is 128 Å². The summed E-state index contributed by atoms with van der Waals surface area (Å²) >= 11 is 5.78. The van der Waals surface area contributed by atoms with Gasteiger partial charge in [-0.3, -0.25) is 0 Å². The fourth-order valence-electron chi connectivity index (χ4n) is 2.43. The maximum Gasteiger partial charge on any atom is 0.130 e. The van der Waals surface area contributed by atoms with Crippen molar-refractivity contribution in [1.82, 2.24) is 0 Å². The molecular formula is C16H17ClF2N2. The van der Waals surface area contributed by atoms with E-state index in [1.54, 1.807) is 24.3 Å². The predicted octanol–water partition coefficient (Wildman–Crippen LogP) is 4.14. The van der Waals surface area contributed by atoms with Gasteiger partial charge in [0.05, 0.1) is 6.04 Å². The van der Waals surface area contributed by atoms with Crippen LogP contribution < -0.4 is 10.6 Å². The molecule has 2 aromatic rings. The first kappa shape index (κ1) is 15.7. The van der Waals surface area contributed by atoms with Crippen LogP contribution in [0.2, 0.25) is 5.02 Å². The van der Waals surface area contributed by atoms with Crippen LogP contribution in [0.1, 0.15) is 18.5 Å². The molecule has 2 N–H and O–H groups in total. The van der Waals surface area contributed by atoms with E-state index in [0.29, 0.717) is 22.8 Å². The Bertz CT molecular complexity index is 619. The van der Waals surface area contributed by atoms with E-state index in [9.17, 15) is 8.78 Å². The maximum atomic E-state index is 14.1. The lowest BCUT2D eigenvalue weighted by atomic mass is 10.0. The van der Waals surface area contributed by atoms with Gasteiger partial charge in [0.2, 0.25) is 0 Å². The quantitative estimate of drug-likeness (QED) is 0.899. The van der Waals surface area contributed by atoms with Gasteiger partial charge < -0.3 is 10.6 Å². The van der Waals surface area contributed by atoms with Crippen LogP contribution in [0.25, 0.3) is 0 Å². The van der Waals surface area contributed by atoms with Crippen molar-refractivity contribution in [3.05, 3.63) is 64.7 Å². The van der Waals surface area contributed by atoms with Gasteiger partial charge in [0.15, 0.2) is 0 Å². The average Bonchev–Trinajstić information content (AvgIpc) is 2.45. The zero-order chi connectivity index (χ0) is 15.4. The molecule has 0 aliphatic heterocycles. The van der Waals surface area contributed by atoms with Crippen molar-refractivity contribution in [1.29, 1.82) is 0 Å². The zero-order valence-electron chi connectivity index (χ0n) is 11.7. The van der Waals surface area contributed by atoms with Crippen molar-refractivity contribution < 1.29 is 8.78 Å². The molecule has 1 unspecified atom stereocenters. The number of anilines is 1. The molecule has 0 heterocycles. The molecule has 2 aromatic carbocycles. The van der Waals surface area contributed by atoms with Crippen molar-refractivity contribution >= 4 is 17.3 Å². The standard InChI is InChI=1S/C16H17ClF2N2/c1-2-21(13-5-3-4-12(18)9-13)16(10-20)14-7-6-11(17)8-15(14)19/h3-9,16H,2,10,20H2,1H3. The van der Waals surface area contributed by atoms with E-state index in [0.717, 1.165) is 0 Å². The van der Waals surface area contributed by atoms with Gasteiger partial charge in [0, 0.05) is 29.4 Å². The second kappa shape index (κ2) is 6.87. The van der Waals surface area contributed by atoms with Gasteiger partial charge in [0.1, 0.15) is 11.6 Å². The maximum absolute atomic E-state index is 14.1. The molecule has 0 saturated carbocycles. The third kappa shape index (κ3) is 3.52. The number of nitrogens with zero attached hydrogens (tertiary/aromatic N) is 1. The summed E-state index contributed by atoms with van der Waals surface area (Å²) in [5, 5.41) is 0.334. The van der Waals surface area contributed by atoms with E-state index in [-0.39, 0.29) is 18.4 Å². The van der Waals surface area contributed by atoms with Crippen molar-refractivity contribution in [2.24, 2.45) is 5.73 Å². The molecule has 0 aromatic heterocycles. The molecule has 0 spiro atoms. The fourth-order valence-corrected chi connectivity index (χ4v) is 2.59. The van der Waals surface area contributed by atoms with Crippen LogP contribution in [0.15, 0.2) is 42.5 Å². The number of hydrogen-bond acceptors (Lipinski definition) is 2. The highest BCUT2D eigenvalue weighted by molar-refractivity contribution is 6.30. The zero-order valence-corrected chi connectivity index (χ0v) is 12.4. The number of benzene rings is 2. The third-order valence-electron chi connectivity index (χ3n) is 3.40. The van der Waals surface area contributed by atoms with Crippen LogP contribution in [0.5, 0.6) is 0 Å². The summed E-state index contributed by atoms with van der Waals surface area (Å²) in [6.07, 6.45) is 0. The van der Waals surface area contributed by atoms with Gasteiger partial charge in [-0.1, -0.05) is 23.7 Å². The van der Waals surface area contributed by atoms with Gasteiger partial charge >= 0.3 is 0 Å². The average molecular weight is 311 g/mol. The van der Waals surface area contributed by atoms with Crippen LogP contribution in [0.3, 0.4) is 0 Å². The number of hydrogen-bond donors (Lipinski definition) is 1. The van der Waals surface area contributed by atoms with Gasteiger partial charge in [-0.15, -0.1) is 0 Å². The Balaban J connectivity index is 2.42. The van der Waals surface area contributed by atoms with Gasteiger partial charge in [-0.05, 0) is 37.3 Å². The molecule has 112 valence electrons. The van der Waals surface area contributed by atoms with E-state index in [2.05, 4.69) is 0 Å². The first-order valence-electron chi connectivity index (χ1n) is 6.74. The van der Waals surface area contributed by atoms with Crippen molar-refractivity contribution in [2.45, 2.75) is 13.0 Å². The van der Waals surface area contributed by atoms with Crippen LogP contribution in [0.4, 0.5) is 14.5 Å². The lowest BCUT2D eigenvalue weighted by Crippen LogP contribution is -2.34. The summed E-state index contributed by atoms with van der Waals surface area (Å²) in [5.74, 6) is -0.744. The van der Waals surface area contributed by atoms with E-state index in [1.807, 2.05) is 11.8 Å². The summed E-state index contributed by atoms with van der Waals surface area (Å²) in [5.41, 5.74) is 6.95. The van der Waals surface area contributed by atoms with Gasteiger partial charge in [-0.2, -0.15) is 0 Å². The van der Waals surface area contributed by atoms with E-state index >= 15 is 0 Å². The van der Waals surface area contributed by atoms with Crippen molar-refractivity contribution in [3.8, 4) is 0 Å². The first-order valence-corrected chi connectivity index (χ1v) is 7.11. The molecule has 21 heavy (non-hydrogen) atoms. The number of halogens is 3. The highest BCUT2D eigenvalue weighted by Gasteiger charge is 2.21. The second-order valence-corrected chi connectivity index (χ2v) is 5.12. The van der Waals surface area contributed by atoms with Crippen LogP contribution in [0, 0.1) is 11.6 Å². The molecule has 0 aliphatic carbocycles. The van der Waals surface area contributed by atoms with Crippen molar-refractivity contribution in [2.75, 3.05) is 18.0 Å². The summed E-state index contributed by atoms with van der Waals surface area (Å²) in [4.78, 5) is 1.87. The molecule has 0 fully saturated rings. The molecule has 0 amide bonds. The molecule has 5 heteroatoms. The Morgan fingerprint density at radius 2 is 1.95 bits per heavy atom. The molecule has 0 bridgehead atoms. The van der Waals surface area contributed by atoms with Crippen LogP contribution in [-0.2, 0) is 0 Å². The largest absolute Gasteiger partial charge is 0.363 e. The van der Waals surface area contributed by atoms with Crippen molar-refractivity contribution in [3.63, 3.8) is 0 Å². The highest BCUT2D eigenvalue weighted by atomic mass is 35.5. The minimum atomic E-state index is -0.409. The number of nitrogens with two attached hydrogens (primary N) is 1. The molecule has 0 radical (unpaired) electrons.